The van der Waals surface area contributed by atoms with E-state index in [1.807, 2.05) is 6.07 Å². The van der Waals surface area contributed by atoms with Crippen LogP contribution in [0, 0.1) is 11.7 Å². The predicted molar refractivity (Wildman–Crippen MR) is 82.1 cm³/mol. The molecule has 2 nitrogen and oxygen atoms in total. The Morgan fingerprint density at radius 3 is 2.57 bits per heavy atom. The first-order chi connectivity index (χ1) is 10.3. The molecule has 1 aliphatic rings. The van der Waals surface area contributed by atoms with E-state index in [4.69, 9.17) is 4.74 Å². The summed E-state index contributed by atoms with van der Waals surface area (Å²) < 4.78 is 18.8. The van der Waals surface area contributed by atoms with Crippen molar-refractivity contribution in [1.82, 2.24) is 5.32 Å². The summed E-state index contributed by atoms with van der Waals surface area (Å²) >= 11 is 0. The van der Waals surface area contributed by atoms with Crippen LogP contribution in [0.2, 0.25) is 0 Å². The third-order valence-corrected chi connectivity index (χ3v) is 4.13. The molecule has 0 bridgehead atoms. The Labute approximate surface area is 125 Å². The van der Waals surface area contributed by atoms with E-state index in [1.54, 1.807) is 12.1 Å². The number of halogens is 1. The fourth-order valence-electron chi connectivity index (χ4n) is 2.94. The van der Waals surface area contributed by atoms with Crippen molar-refractivity contribution in [3.8, 4) is 5.75 Å². The van der Waals surface area contributed by atoms with Crippen molar-refractivity contribution in [2.24, 2.45) is 5.92 Å². The molecule has 0 saturated carbocycles. The molecule has 110 valence electrons. The standard InChI is InChI=1S/C18H20FNO/c19-16-6-8-17(9-7-16)21-13-15-10-11-20-12-18(15)14-4-2-1-3-5-14/h1-9,15,18,20H,10-13H2. The van der Waals surface area contributed by atoms with Gasteiger partial charge in [-0.05, 0) is 42.8 Å². The van der Waals surface area contributed by atoms with Crippen LogP contribution in [-0.4, -0.2) is 19.7 Å². The molecule has 0 amide bonds. The van der Waals surface area contributed by atoms with Crippen molar-refractivity contribution < 1.29 is 9.13 Å². The van der Waals surface area contributed by atoms with Gasteiger partial charge in [0.25, 0.3) is 0 Å². The summed E-state index contributed by atoms with van der Waals surface area (Å²) in [6.07, 6.45) is 1.10. The van der Waals surface area contributed by atoms with Crippen molar-refractivity contribution in [2.45, 2.75) is 12.3 Å². The molecule has 1 heterocycles. The maximum absolute atomic E-state index is 12.9. The monoisotopic (exact) mass is 285 g/mol. The number of benzene rings is 2. The Morgan fingerprint density at radius 1 is 1.05 bits per heavy atom. The van der Waals surface area contributed by atoms with Crippen molar-refractivity contribution >= 4 is 0 Å². The quantitative estimate of drug-likeness (QED) is 0.927. The maximum atomic E-state index is 12.9. The highest BCUT2D eigenvalue weighted by Gasteiger charge is 2.26. The summed E-state index contributed by atoms with van der Waals surface area (Å²) in [5, 5.41) is 3.46. The zero-order valence-electron chi connectivity index (χ0n) is 12.0. The van der Waals surface area contributed by atoms with Crippen LogP contribution in [0.5, 0.6) is 5.75 Å². The van der Waals surface area contributed by atoms with Crippen LogP contribution in [0.15, 0.2) is 54.6 Å². The highest BCUT2D eigenvalue weighted by Crippen LogP contribution is 2.29. The molecule has 21 heavy (non-hydrogen) atoms. The maximum Gasteiger partial charge on any atom is 0.123 e. The zero-order valence-corrected chi connectivity index (χ0v) is 12.0. The Kier molecular flexibility index (Phi) is 4.51. The average Bonchev–Trinajstić information content (AvgIpc) is 2.55. The zero-order chi connectivity index (χ0) is 14.5. The molecule has 2 aromatic rings. The van der Waals surface area contributed by atoms with Crippen molar-refractivity contribution in [2.75, 3.05) is 19.7 Å². The van der Waals surface area contributed by atoms with Gasteiger partial charge >= 0.3 is 0 Å². The largest absolute Gasteiger partial charge is 0.493 e. The molecule has 3 rings (SSSR count). The molecule has 1 aliphatic heterocycles. The summed E-state index contributed by atoms with van der Waals surface area (Å²) in [6, 6.07) is 16.8. The Balaban J connectivity index is 1.66. The summed E-state index contributed by atoms with van der Waals surface area (Å²) in [5.41, 5.74) is 1.36. The van der Waals surface area contributed by atoms with E-state index in [0.717, 1.165) is 25.3 Å². The van der Waals surface area contributed by atoms with Gasteiger partial charge in [-0.3, -0.25) is 0 Å². The number of nitrogens with one attached hydrogen (secondary N) is 1. The smallest absolute Gasteiger partial charge is 0.123 e. The van der Waals surface area contributed by atoms with Crippen molar-refractivity contribution in [1.29, 1.82) is 0 Å². The predicted octanol–water partition coefficient (Wildman–Crippen LogP) is 3.60. The lowest BCUT2D eigenvalue weighted by Crippen LogP contribution is -2.37. The second-order valence-corrected chi connectivity index (χ2v) is 5.53. The summed E-state index contributed by atoms with van der Waals surface area (Å²) in [4.78, 5) is 0. The molecule has 0 aliphatic carbocycles. The van der Waals surface area contributed by atoms with E-state index < -0.39 is 0 Å². The van der Waals surface area contributed by atoms with Gasteiger partial charge in [0.05, 0.1) is 6.61 Å². The second kappa shape index (κ2) is 6.72. The van der Waals surface area contributed by atoms with Gasteiger partial charge in [0.1, 0.15) is 11.6 Å². The summed E-state index contributed by atoms with van der Waals surface area (Å²) in [5.74, 6) is 1.47. The number of hydrogen-bond donors (Lipinski definition) is 1. The van der Waals surface area contributed by atoms with Gasteiger partial charge in [0.15, 0.2) is 0 Å². The number of piperidine rings is 1. The van der Waals surface area contributed by atoms with Gasteiger partial charge in [0.2, 0.25) is 0 Å². The molecule has 1 N–H and O–H groups in total. The topological polar surface area (TPSA) is 21.3 Å². The molecule has 2 atom stereocenters. The van der Waals surface area contributed by atoms with Crippen LogP contribution in [-0.2, 0) is 0 Å². The minimum atomic E-state index is -0.230. The van der Waals surface area contributed by atoms with Gasteiger partial charge in [0, 0.05) is 18.4 Å². The molecule has 2 aromatic carbocycles. The van der Waals surface area contributed by atoms with Gasteiger partial charge < -0.3 is 10.1 Å². The lowest BCUT2D eigenvalue weighted by Gasteiger charge is -2.32. The van der Waals surface area contributed by atoms with Gasteiger partial charge in [-0.1, -0.05) is 30.3 Å². The molecule has 0 radical (unpaired) electrons. The normalized spacial score (nSPS) is 22.0. The van der Waals surface area contributed by atoms with E-state index in [9.17, 15) is 4.39 Å². The van der Waals surface area contributed by atoms with Crippen LogP contribution in [0.4, 0.5) is 4.39 Å². The first-order valence-corrected chi connectivity index (χ1v) is 7.47. The molecule has 2 unspecified atom stereocenters. The lowest BCUT2D eigenvalue weighted by atomic mass is 9.82. The molecule has 0 aromatic heterocycles. The molecule has 1 fully saturated rings. The van der Waals surface area contributed by atoms with Crippen LogP contribution in [0.25, 0.3) is 0 Å². The molecule has 1 saturated heterocycles. The fraction of sp³-hybridized carbons (Fsp3) is 0.333. The highest BCUT2D eigenvalue weighted by molar-refractivity contribution is 5.23. The fourth-order valence-corrected chi connectivity index (χ4v) is 2.94. The van der Waals surface area contributed by atoms with Crippen molar-refractivity contribution in [3.05, 3.63) is 66.0 Å². The van der Waals surface area contributed by atoms with Crippen LogP contribution in [0.1, 0.15) is 17.9 Å². The van der Waals surface area contributed by atoms with Crippen molar-refractivity contribution in [3.63, 3.8) is 0 Å². The average molecular weight is 285 g/mol. The summed E-state index contributed by atoms with van der Waals surface area (Å²) in [7, 11) is 0. The highest BCUT2D eigenvalue weighted by atomic mass is 19.1. The van der Waals surface area contributed by atoms with Gasteiger partial charge in [-0.2, -0.15) is 0 Å². The molecule has 0 spiro atoms. The number of hydrogen-bond acceptors (Lipinski definition) is 2. The first kappa shape index (κ1) is 14.1. The number of rotatable bonds is 4. The first-order valence-electron chi connectivity index (χ1n) is 7.47. The third-order valence-electron chi connectivity index (χ3n) is 4.13. The lowest BCUT2D eigenvalue weighted by molar-refractivity contribution is 0.194. The Hall–Kier alpha value is -1.87. The Bertz CT molecular complexity index is 555. The van der Waals surface area contributed by atoms with E-state index in [1.165, 1.54) is 17.7 Å². The minimum absolute atomic E-state index is 0.230. The van der Waals surface area contributed by atoms with E-state index in [0.29, 0.717) is 18.4 Å². The SMILES string of the molecule is Fc1ccc(OCC2CCNCC2c2ccccc2)cc1. The van der Waals surface area contributed by atoms with Crippen LogP contribution < -0.4 is 10.1 Å². The third kappa shape index (κ3) is 3.61. The summed E-state index contributed by atoms with van der Waals surface area (Å²) in [6.45, 7) is 2.69. The van der Waals surface area contributed by atoms with E-state index in [2.05, 4.69) is 29.6 Å². The van der Waals surface area contributed by atoms with E-state index in [-0.39, 0.29) is 5.82 Å². The van der Waals surface area contributed by atoms with Gasteiger partial charge in [-0.25, -0.2) is 4.39 Å². The number of ether oxygens (including phenoxy) is 1. The minimum Gasteiger partial charge on any atom is -0.493 e. The molecule has 3 heteroatoms. The van der Waals surface area contributed by atoms with Crippen LogP contribution >= 0.6 is 0 Å². The Morgan fingerprint density at radius 2 is 1.81 bits per heavy atom. The second-order valence-electron chi connectivity index (χ2n) is 5.53. The molecular formula is C18H20FNO. The van der Waals surface area contributed by atoms with E-state index >= 15 is 0 Å². The van der Waals surface area contributed by atoms with Crippen LogP contribution in [0.3, 0.4) is 0 Å². The van der Waals surface area contributed by atoms with Gasteiger partial charge in [-0.15, -0.1) is 0 Å². The molecular weight excluding hydrogens is 265 g/mol.